The summed E-state index contributed by atoms with van der Waals surface area (Å²) in [6, 6.07) is 4.71. The van der Waals surface area contributed by atoms with Gasteiger partial charge in [-0.3, -0.25) is 4.98 Å². The molecule has 0 aliphatic carbocycles. The fourth-order valence-corrected chi connectivity index (χ4v) is 1.95. The van der Waals surface area contributed by atoms with E-state index in [9.17, 15) is 0 Å². The molecule has 0 saturated heterocycles. The normalized spacial score (nSPS) is 12.9. The van der Waals surface area contributed by atoms with Crippen molar-refractivity contribution >= 4 is 0 Å². The summed E-state index contributed by atoms with van der Waals surface area (Å²) in [7, 11) is 0. The highest BCUT2D eigenvalue weighted by molar-refractivity contribution is 5.09. The number of nitrogens with one attached hydrogen (secondary N) is 1. The first-order valence-corrected chi connectivity index (χ1v) is 6.60. The highest BCUT2D eigenvalue weighted by Crippen LogP contribution is 1.97. The summed E-state index contributed by atoms with van der Waals surface area (Å²) in [6.07, 6.45) is 4.79. The van der Waals surface area contributed by atoms with Crippen LogP contribution in [0.1, 0.15) is 26.3 Å². The number of hydrogen-bond donors (Lipinski definition) is 1. The summed E-state index contributed by atoms with van der Waals surface area (Å²) in [5, 5.41) is 3.57. The summed E-state index contributed by atoms with van der Waals surface area (Å²) in [6.45, 7) is 11.1. The molecule has 0 aromatic carbocycles. The Morgan fingerprint density at radius 2 is 1.88 bits per heavy atom. The second-order valence-electron chi connectivity index (χ2n) is 4.45. The molecule has 96 valence electrons. The van der Waals surface area contributed by atoms with Crippen LogP contribution < -0.4 is 5.32 Å². The van der Waals surface area contributed by atoms with Crippen LogP contribution in [-0.4, -0.2) is 42.1 Å². The van der Waals surface area contributed by atoms with Gasteiger partial charge in [-0.05, 0) is 50.7 Å². The van der Waals surface area contributed by atoms with Crippen molar-refractivity contribution in [2.75, 3.05) is 26.2 Å². The minimum absolute atomic E-state index is 0.553. The summed E-state index contributed by atoms with van der Waals surface area (Å²) in [5.74, 6) is 0. The van der Waals surface area contributed by atoms with Gasteiger partial charge in [0.1, 0.15) is 0 Å². The Labute approximate surface area is 105 Å². The molecular formula is C14H25N3. The second-order valence-corrected chi connectivity index (χ2v) is 4.45. The zero-order chi connectivity index (χ0) is 12.5. The third-order valence-electron chi connectivity index (χ3n) is 3.08. The van der Waals surface area contributed by atoms with E-state index in [2.05, 4.69) is 48.1 Å². The van der Waals surface area contributed by atoms with Gasteiger partial charge in [-0.25, -0.2) is 0 Å². The molecule has 1 rings (SSSR count). The Balaban J connectivity index is 2.18. The van der Waals surface area contributed by atoms with E-state index < -0.39 is 0 Å². The van der Waals surface area contributed by atoms with Gasteiger partial charge in [0.15, 0.2) is 0 Å². The van der Waals surface area contributed by atoms with Crippen molar-refractivity contribution in [1.29, 1.82) is 0 Å². The zero-order valence-electron chi connectivity index (χ0n) is 11.3. The number of hydrogen-bond acceptors (Lipinski definition) is 3. The van der Waals surface area contributed by atoms with Gasteiger partial charge < -0.3 is 10.2 Å². The molecule has 0 spiro atoms. The van der Waals surface area contributed by atoms with E-state index in [1.54, 1.807) is 0 Å². The molecule has 1 unspecified atom stereocenters. The van der Waals surface area contributed by atoms with E-state index in [1.165, 1.54) is 5.56 Å². The van der Waals surface area contributed by atoms with Gasteiger partial charge in [0.2, 0.25) is 0 Å². The van der Waals surface area contributed by atoms with Crippen LogP contribution in [0.3, 0.4) is 0 Å². The summed E-state index contributed by atoms with van der Waals surface area (Å²) in [5.41, 5.74) is 1.35. The van der Waals surface area contributed by atoms with Crippen molar-refractivity contribution < 1.29 is 0 Å². The van der Waals surface area contributed by atoms with E-state index in [0.717, 1.165) is 32.6 Å². The Hall–Kier alpha value is -0.930. The lowest BCUT2D eigenvalue weighted by Gasteiger charge is -2.23. The van der Waals surface area contributed by atoms with Gasteiger partial charge in [0, 0.05) is 25.0 Å². The lowest BCUT2D eigenvalue weighted by atomic mass is 10.2. The minimum atomic E-state index is 0.553. The van der Waals surface area contributed by atoms with E-state index in [1.807, 2.05) is 12.4 Å². The molecule has 0 bridgehead atoms. The maximum Gasteiger partial charge on any atom is 0.0270 e. The molecule has 0 amide bonds. The fraction of sp³-hybridized carbons (Fsp3) is 0.643. The molecular weight excluding hydrogens is 210 g/mol. The van der Waals surface area contributed by atoms with Gasteiger partial charge in [0.05, 0.1) is 0 Å². The quantitative estimate of drug-likeness (QED) is 0.746. The molecule has 1 heterocycles. The lowest BCUT2D eigenvalue weighted by molar-refractivity contribution is 0.272. The average Bonchev–Trinajstić information content (AvgIpc) is 2.37. The first kappa shape index (κ1) is 14.1. The Morgan fingerprint density at radius 3 is 2.47 bits per heavy atom. The molecule has 1 aromatic rings. The van der Waals surface area contributed by atoms with Crippen LogP contribution in [-0.2, 0) is 6.42 Å². The van der Waals surface area contributed by atoms with Crippen molar-refractivity contribution in [3.8, 4) is 0 Å². The molecule has 17 heavy (non-hydrogen) atoms. The van der Waals surface area contributed by atoms with Gasteiger partial charge in [-0.15, -0.1) is 0 Å². The fourth-order valence-electron chi connectivity index (χ4n) is 1.95. The number of pyridine rings is 1. The molecule has 1 N–H and O–H groups in total. The SMILES string of the molecule is CCN(CC)CC(C)NCCc1ccncc1. The standard InChI is InChI=1S/C14H25N3/c1-4-17(5-2)12-13(3)16-11-8-14-6-9-15-10-7-14/h6-7,9-10,13,16H,4-5,8,11-12H2,1-3H3. The van der Waals surface area contributed by atoms with Crippen molar-refractivity contribution in [1.82, 2.24) is 15.2 Å². The molecule has 0 aliphatic heterocycles. The number of likely N-dealkylation sites (N-methyl/N-ethyl adjacent to an activating group) is 1. The van der Waals surface area contributed by atoms with Gasteiger partial charge in [-0.1, -0.05) is 13.8 Å². The predicted molar refractivity (Wildman–Crippen MR) is 73.2 cm³/mol. The van der Waals surface area contributed by atoms with Gasteiger partial charge in [-0.2, -0.15) is 0 Å². The molecule has 0 fully saturated rings. The number of aromatic nitrogens is 1. The molecule has 0 aliphatic rings. The third kappa shape index (κ3) is 5.80. The molecule has 0 saturated carbocycles. The summed E-state index contributed by atoms with van der Waals surface area (Å²) >= 11 is 0. The Kier molecular flexibility index (Phi) is 6.82. The van der Waals surface area contributed by atoms with Crippen LogP contribution in [0.25, 0.3) is 0 Å². The van der Waals surface area contributed by atoms with Crippen molar-refractivity contribution in [2.24, 2.45) is 0 Å². The zero-order valence-corrected chi connectivity index (χ0v) is 11.3. The summed E-state index contributed by atoms with van der Waals surface area (Å²) < 4.78 is 0. The van der Waals surface area contributed by atoms with E-state index in [0.29, 0.717) is 6.04 Å². The molecule has 0 radical (unpaired) electrons. The van der Waals surface area contributed by atoms with Crippen LogP contribution in [0.4, 0.5) is 0 Å². The van der Waals surface area contributed by atoms with E-state index in [-0.39, 0.29) is 0 Å². The van der Waals surface area contributed by atoms with E-state index in [4.69, 9.17) is 0 Å². The van der Waals surface area contributed by atoms with Crippen molar-refractivity contribution in [2.45, 2.75) is 33.2 Å². The highest BCUT2D eigenvalue weighted by Gasteiger charge is 2.05. The van der Waals surface area contributed by atoms with Crippen LogP contribution in [0, 0.1) is 0 Å². The maximum atomic E-state index is 4.02. The third-order valence-corrected chi connectivity index (χ3v) is 3.08. The van der Waals surface area contributed by atoms with Crippen LogP contribution in [0.15, 0.2) is 24.5 Å². The highest BCUT2D eigenvalue weighted by atomic mass is 15.1. The minimum Gasteiger partial charge on any atom is -0.313 e. The maximum absolute atomic E-state index is 4.02. The average molecular weight is 235 g/mol. The van der Waals surface area contributed by atoms with Crippen LogP contribution in [0.5, 0.6) is 0 Å². The topological polar surface area (TPSA) is 28.2 Å². The van der Waals surface area contributed by atoms with Crippen LogP contribution >= 0.6 is 0 Å². The number of rotatable bonds is 8. The molecule has 1 aromatic heterocycles. The van der Waals surface area contributed by atoms with E-state index >= 15 is 0 Å². The largest absolute Gasteiger partial charge is 0.313 e. The van der Waals surface area contributed by atoms with Gasteiger partial charge >= 0.3 is 0 Å². The first-order valence-electron chi connectivity index (χ1n) is 6.60. The van der Waals surface area contributed by atoms with Gasteiger partial charge in [0.25, 0.3) is 0 Å². The Morgan fingerprint density at radius 1 is 1.24 bits per heavy atom. The van der Waals surface area contributed by atoms with Crippen molar-refractivity contribution in [3.63, 3.8) is 0 Å². The molecule has 1 atom stereocenters. The molecule has 3 heteroatoms. The summed E-state index contributed by atoms with van der Waals surface area (Å²) in [4.78, 5) is 6.47. The first-order chi connectivity index (χ1) is 8.26. The lowest BCUT2D eigenvalue weighted by Crippen LogP contribution is -2.39. The van der Waals surface area contributed by atoms with Crippen LogP contribution in [0.2, 0.25) is 0 Å². The van der Waals surface area contributed by atoms with Crippen molar-refractivity contribution in [3.05, 3.63) is 30.1 Å². The Bertz CT molecular complexity index is 283. The predicted octanol–water partition coefficient (Wildman–Crippen LogP) is 1.94. The molecule has 3 nitrogen and oxygen atoms in total. The smallest absolute Gasteiger partial charge is 0.0270 e. The second kappa shape index (κ2) is 8.20. The number of nitrogens with zero attached hydrogens (tertiary/aromatic N) is 2. The monoisotopic (exact) mass is 235 g/mol.